The van der Waals surface area contributed by atoms with Gasteiger partial charge in [0.1, 0.15) is 11.5 Å². The highest BCUT2D eigenvalue weighted by Gasteiger charge is 2.20. The molecule has 0 saturated carbocycles. The van der Waals surface area contributed by atoms with Crippen molar-refractivity contribution in [2.45, 2.75) is 52.9 Å². The first kappa shape index (κ1) is 14.7. The van der Waals surface area contributed by atoms with Crippen molar-refractivity contribution in [1.82, 2.24) is 0 Å². The van der Waals surface area contributed by atoms with Crippen LogP contribution in [0.2, 0.25) is 0 Å². The largest absolute Gasteiger partial charge is 0.496 e. The molecule has 0 unspecified atom stereocenters. The number of benzene rings is 1. The molecule has 1 aromatic rings. The van der Waals surface area contributed by atoms with Gasteiger partial charge in [0.05, 0.1) is 7.11 Å². The van der Waals surface area contributed by atoms with Crippen molar-refractivity contribution in [2.24, 2.45) is 0 Å². The zero-order chi connectivity index (χ0) is 13.9. The maximum atomic E-state index is 11.1. The normalized spacial score (nSPS) is 11.4. The van der Waals surface area contributed by atoms with Gasteiger partial charge >= 0.3 is 0 Å². The van der Waals surface area contributed by atoms with Gasteiger partial charge in [0.25, 0.3) is 0 Å². The predicted molar refractivity (Wildman–Crippen MR) is 75.4 cm³/mol. The lowest BCUT2D eigenvalue weighted by Crippen LogP contribution is -2.14. The van der Waals surface area contributed by atoms with Crippen LogP contribution in [0.4, 0.5) is 0 Å². The molecule has 1 aromatic carbocycles. The number of carbonyl (C=O) groups is 1. The minimum absolute atomic E-state index is 0.0457. The minimum atomic E-state index is 0.0457. The fraction of sp³-hybridized carbons (Fsp3) is 0.562. The lowest BCUT2D eigenvalue weighted by Gasteiger charge is -2.24. The number of ether oxygens (including phenoxy) is 1. The molecule has 0 radical (unpaired) electrons. The minimum Gasteiger partial charge on any atom is -0.496 e. The summed E-state index contributed by atoms with van der Waals surface area (Å²) in [6.07, 6.45) is 1.42. The molecule has 1 rings (SSSR count). The zero-order valence-corrected chi connectivity index (χ0v) is 12.4. The van der Waals surface area contributed by atoms with Crippen LogP contribution in [0.1, 0.15) is 50.8 Å². The number of Topliss-reactive ketones (excluding diaryl/α,β-unsaturated/α-hetero) is 1. The number of hydrogen-bond acceptors (Lipinski definition) is 2. The van der Waals surface area contributed by atoms with Gasteiger partial charge in [-0.15, -0.1) is 0 Å². The first-order valence-corrected chi connectivity index (χ1v) is 6.43. The molecule has 100 valence electrons. The van der Waals surface area contributed by atoms with Crippen LogP contribution < -0.4 is 4.74 Å². The monoisotopic (exact) mass is 248 g/mol. The molecule has 0 aliphatic heterocycles. The van der Waals surface area contributed by atoms with Crippen molar-refractivity contribution in [3.63, 3.8) is 0 Å². The molecule has 0 fully saturated rings. The van der Waals surface area contributed by atoms with Crippen molar-refractivity contribution in [3.05, 3.63) is 28.8 Å². The highest BCUT2D eigenvalue weighted by atomic mass is 16.5. The van der Waals surface area contributed by atoms with E-state index in [9.17, 15) is 4.79 Å². The number of carbonyl (C=O) groups excluding carboxylic acids is 1. The summed E-state index contributed by atoms with van der Waals surface area (Å²) in [4.78, 5) is 11.1. The topological polar surface area (TPSA) is 26.3 Å². The molecule has 2 heteroatoms. The smallest absolute Gasteiger partial charge is 0.130 e. The third-order valence-electron chi connectivity index (χ3n) is 3.21. The van der Waals surface area contributed by atoms with Crippen LogP contribution in [0.15, 0.2) is 12.1 Å². The van der Waals surface area contributed by atoms with Crippen LogP contribution in [0.25, 0.3) is 0 Å². The molecule has 0 saturated heterocycles. The van der Waals surface area contributed by atoms with Gasteiger partial charge in [0.15, 0.2) is 0 Å². The van der Waals surface area contributed by atoms with Crippen LogP contribution in [0, 0.1) is 6.92 Å². The molecule has 0 heterocycles. The summed E-state index contributed by atoms with van der Waals surface area (Å²) in [5.41, 5.74) is 3.69. The standard InChI is InChI=1S/C16H24O2/c1-11-9-15(18-6)14(16(3,4)5)10-13(11)8-7-12(2)17/h9-10H,7-8H2,1-6H3. The Bertz CT molecular complexity index is 439. The van der Waals surface area contributed by atoms with Gasteiger partial charge in [-0.05, 0) is 48.4 Å². The Morgan fingerprint density at radius 1 is 1.28 bits per heavy atom. The molecule has 0 spiro atoms. The molecule has 2 nitrogen and oxygen atoms in total. The lowest BCUT2D eigenvalue weighted by atomic mass is 9.83. The second kappa shape index (κ2) is 5.55. The summed E-state index contributed by atoms with van der Waals surface area (Å²) >= 11 is 0. The SMILES string of the molecule is COc1cc(C)c(CCC(C)=O)cc1C(C)(C)C. The fourth-order valence-electron chi connectivity index (χ4n) is 2.06. The molecular formula is C16H24O2. The van der Waals surface area contributed by atoms with Crippen LogP contribution in [-0.2, 0) is 16.6 Å². The third kappa shape index (κ3) is 3.59. The maximum Gasteiger partial charge on any atom is 0.130 e. The predicted octanol–water partition coefficient (Wildman–Crippen LogP) is 3.82. The van der Waals surface area contributed by atoms with Crippen molar-refractivity contribution >= 4 is 5.78 Å². The molecule has 0 amide bonds. The molecule has 18 heavy (non-hydrogen) atoms. The van der Waals surface area contributed by atoms with E-state index in [0.29, 0.717) is 6.42 Å². The molecule has 0 N–H and O–H groups in total. The zero-order valence-electron chi connectivity index (χ0n) is 12.4. The summed E-state index contributed by atoms with van der Waals surface area (Å²) < 4.78 is 5.47. The Morgan fingerprint density at radius 2 is 1.89 bits per heavy atom. The maximum absolute atomic E-state index is 11.1. The van der Waals surface area contributed by atoms with Crippen molar-refractivity contribution in [3.8, 4) is 5.75 Å². The van der Waals surface area contributed by atoms with Crippen LogP contribution in [-0.4, -0.2) is 12.9 Å². The summed E-state index contributed by atoms with van der Waals surface area (Å²) in [6.45, 7) is 10.2. The van der Waals surface area contributed by atoms with E-state index in [-0.39, 0.29) is 11.2 Å². The van der Waals surface area contributed by atoms with Gasteiger partial charge in [-0.2, -0.15) is 0 Å². The molecule has 0 aliphatic rings. The second-order valence-electron chi connectivity index (χ2n) is 5.93. The molecule has 0 aliphatic carbocycles. The Morgan fingerprint density at radius 3 is 2.33 bits per heavy atom. The van der Waals surface area contributed by atoms with E-state index in [0.717, 1.165) is 12.2 Å². The highest BCUT2D eigenvalue weighted by molar-refractivity contribution is 5.75. The number of hydrogen-bond donors (Lipinski definition) is 0. The molecule has 0 aromatic heterocycles. The van der Waals surface area contributed by atoms with Crippen molar-refractivity contribution in [1.29, 1.82) is 0 Å². The van der Waals surface area contributed by atoms with Gasteiger partial charge < -0.3 is 9.53 Å². The van der Waals surface area contributed by atoms with E-state index in [4.69, 9.17) is 4.74 Å². The Balaban J connectivity index is 3.17. The number of rotatable bonds is 4. The fourth-order valence-corrected chi connectivity index (χ4v) is 2.06. The van der Waals surface area contributed by atoms with E-state index >= 15 is 0 Å². The van der Waals surface area contributed by atoms with Gasteiger partial charge in [0, 0.05) is 6.42 Å². The van der Waals surface area contributed by atoms with Crippen LogP contribution in [0.3, 0.4) is 0 Å². The van der Waals surface area contributed by atoms with Gasteiger partial charge in [-0.25, -0.2) is 0 Å². The Kier molecular flexibility index (Phi) is 4.55. The Labute approximate surface area is 110 Å². The summed E-state index contributed by atoms with van der Waals surface area (Å²) in [5, 5.41) is 0. The van der Waals surface area contributed by atoms with Gasteiger partial charge in [-0.1, -0.05) is 26.8 Å². The molecule has 0 bridgehead atoms. The van der Waals surface area contributed by atoms with Gasteiger partial charge in [0.2, 0.25) is 0 Å². The van der Waals surface area contributed by atoms with Crippen molar-refractivity contribution in [2.75, 3.05) is 7.11 Å². The first-order valence-electron chi connectivity index (χ1n) is 6.43. The Hall–Kier alpha value is -1.31. The summed E-state index contributed by atoms with van der Waals surface area (Å²) in [6, 6.07) is 4.27. The van der Waals surface area contributed by atoms with Crippen LogP contribution in [0.5, 0.6) is 5.75 Å². The van der Waals surface area contributed by atoms with E-state index in [2.05, 4.69) is 39.8 Å². The van der Waals surface area contributed by atoms with E-state index < -0.39 is 0 Å². The average Bonchev–Trinajstić information content (AvgIpc) is 2.25. The number of ketones is 1. The van der Waals surface area contributed by atoms with Crippen LogP contribution >= 0.6 is 0 Å². The van der Waals surface area contributed by atoms with E-state index in [1.165, 1.54) is 16.7 Å². The molecular weight excluding hydrogens is 224 g/mol. The highest BCUT2D eigenvalue weighted by Crippen LogP contribution is 2.33. The number of aryl methyl sites for hydroxylation is 2. The average molecular weight is 248 g/mol. The lowest BCUT2D eigenvalue weighted by molar-refractivity contribution is -0.116. The van der Waals surface area contributed by atoms with E-state index in [1.807, 2.05) is 0 Å². The summed E-state index contributed by atoms with van der Waals surface area (Å²) in [5.74, 6) is 1.18. The van der Waals surface area contributed by atoms with E-state index in [1.54, 1.807) is 14.0 Å². The number of methoxy groups -OCH3 is 1. The van der Waals surface area contributed by atoms with Crippen molar-refractivity contribution < 1.29 is 9.53 Å². The van der Waals surface area contributed by atoms with Gasteiger partial charge in [-0.3, -0.25) is 0 Å². The summed E-state index contributed by atoms with van der Waals surface area (Å²) in [7, 11) is 1.71. The third-order valence-corrected chi connectivity index (χ3v) is 3.21. The first-order chi connectivity index (χ1) is 8.25. The quantitative estimate of drug-likeness (QED) is 0.809. The molecule has 0 atom stereocenters. The second-order valence-corrected chi connectivity index (χ2v) is 5.93.